The Balaban J connectivity index is 1.90. The van der Waals surface area contributed by atoms with Crippen LogP contribution in [-0.2, 0) is 0 Å². The Morgan fingerprint density at radius 2 is 1.86 bits per heavy atom. The summed E-state index contributed by atoms with van der Waals surface area (Å²) >= 11 is 1.50. The van der Waals surface area contributed by atoms with Gasteiger partial charge >= 0.3 is 0 Å². The number of unbranched alkanes of at least 4 members (excludes halogenated alkanes) is 3. The predicted molar refractivity (Wildman–Crippen MR) is 89.4 cm³/mol. The highest BCUT2D eigenvalue weighted by Crippen LogP contribution is 2.27. The van der Waals surface area contributed by atoms with Crippen LogP contribution in [0.4, 0.5) is 0 Å². The van der Waals surface area contributed by atoms with Crippen LogP contribution in [0.2, 0.25) is 0 Å². The van der Waals surface area contributed by atoms with Crippen molar-refractivity contribution in [3.8, 4) is 16.9 Å². The summed E-state index contributed by atoms with van der Waals surface area (Å²) in [7, 11) is 0. The zero-order chi connectivity index (χ0) is 15.1. The van der Waals surface area contributed by atoms with Gasteiger partial charge in [-0.1, -0.05) is 38.3 Å². The summed E-state index contributed by atoms with van der Waals surface area (Å²) in [4.78, 5) is 12.1. The first-order valence-electron chi connectivity index (χ1n) is 7.53. The Kier molecular flexibility index (Phi) is 6.00. The molecule has 0 unspecified atom stereocenters. The van der Waals surface area contributed by atoms with Crippen molar-refractivity contribution >= 4 is 17.1 Å². The van der Waals surface area contributed by atoms with E-state index in [1.54, 1.807) is 6.92 Å². The SMILES string of the molecule is CCCCCCOc1ccc(-c2csc(C(C)=O)c2)cc1. The quantitative estimate of drug-likeness (QED) is 0.470. The molecule has 1 aromatic heterocycles. The first kappa shape index (κ1) is 15.8. The van der Waals surface area contributed by atoms with Crippen LogP contribution < -0.4 is 4.74 Å². The second kappa shape index (κ2) is 7.99. The van der Waals surface area contributed by atoms with E-state index < -0.39 is 0 Å². The molecule has 0 amide bonds. The van der Waals surface area contributed by atoms with Crippen LogP contribution in [0, 0.1) is 0 Å². The van der Waals surface area contributed by atoms with Crippen LogP contribution in [0.1, 0.15) is 49.2 Å². The van der Waals surface area contributed by atoms with E-state index in [-0.39, 0.29) is 5.78 Å². The number of hydrogen-bond donors (Lipinski definition) is 0. The molecule has 0 saturated carbocycles. The molecule has 3 heteroatoms. The largest absolute Gasteiger partial charge is 0.494 e. The van der Waals surface area contributed by atoms with Gasteiger partial charge in [-0.3, -0.25) is 4.79 Å². The molecule has 1 heterocycles. The fourth-order valence-electron chi connectivity index (χ4n) is 2.13. The van der Waals surface area contributed by atoms with Crippen LogP contribution in [0.5, 0.6) is 5.75 Å². The topological polar surface area (TPSA) is 26.3 Å². The Morgan fingerprint density at radius 3 is 2.48 bits per heavy atom. The number of thiophene rings is 1. The molecule has 0 radical (unpaired) electrons. The standard InChI is InChI=1S/C18H22O2S/c1-3-4-5-6-11-20-17-9-7-15(8-10-17)16-12-18(14(2)19)21-13-16/h7-10,12-13H,3-6,11H2,1-2H3. The summed E-state index contributed by atoms with van der Waals surface area (Å²) in [5, 5.41) is 2.03. The summed E-state index contributed by atoms with van der Waals surface area (Å²) in [5.74, 6) is 1.04. The number of ether oxygens (including phenoxy) is 1. The molecule has 2 aromatic rings. The van der Waals surface area contributed by atoms with Crippen LogP contribution in [0.15, 0.2) is 35.7 Å². The summed E-state index contributed by atoms with van der Waals surface area (Å²) in [6.45, 7) is 4.60. The zero-order valence-corrected chi connectivity index (χ0v) is 13.5. The molecular weight excluding hydrogens is 280 g/mol. The van der Waals surface area contributed by atoms with Gasteiger partial charge in [-0.25, -0.2) is 0 Å². The second-order valence-electron chi connectivity index (χ2n) is 5.19. The van der Waals surface area contributed by atoms with Gasteiger partial charge in [0.1, 0.15) is 5.75 Å². The third-order valence-electron chi connectivity index (χ3n) is 3.40. The van der Waals surface area contributed by atoms with Crippen molar-refractivity contribution in [2.24, 2.45) is 0 Å². The highest BCUT2D eigenvalue weighted by Gasteiger charge is 2.06. The molecule has 0 bridgehead atoms. The van der Waals surface area contributed by atoms with Gasteiger partial charge in [0.15, 0.2) is 5.78 Å². The molecule has 0 aliphatic carbocycles. The number of benzene rings is 1. The van der Waals surface area contributed by atoms with Crippen LogP contribution in [-0.4, -0.2) is 12.4 Å². The van der Waals surface area contributed by atoms with Gasteiger partial charge in [0.2, 0.25) is 0 Å². The average molecular weight is 302 g/mol. The van der Waals surface area contributed by atoms with Crippen LogP contribution >= 0.6 is 11.3 Å². The van der Waals surface area contributed by atoms with Crippen molar-refractivity contribution in [2.45, 2.75) is 39.5 Å². The Labute approximate surface area is 130 Å². The molecule has 0 saturated heterocycles. The molecule has 112 valence electrons. The van der Waals surface area contributed by atoms with Gasteiger partial charge in [0.05, 0.1) is 11.5 Å². The highest BCUT2D eigenvalue weighted by molar-refractivity contribution is 7.12. The number of carbonyl (C=O) groups excluding carboxylic acids is 1. The Morgan fingerprint density at radius 1 is 1.10 bits per heavy atom. The minimum absolute atomic E-state index is 0.123. The molecule has 0 spiro atoms. The maximum atomic E-state index is 11.3. The fourth-order valence-corrected chi connectivity index (χ4v) is 2.95. The lowest BCUT2D eigenvalue weighted by molar-refractivity contribution is 0.102. The number of carbonyl (C=O) groups is 1. The van der Waals surface area contributed by atoms with Gasteiger partial charge in [0, 0.05) is 0 Å². The Hall–Kier alpha value is -1.61. The van der Waals surface area contributed by atoms with E-state index in [0.717, 1.165) is 34.8 Å². The molecule has 0 fully saturated rings. The lowest BCUT2D eigenvalue weighted by atomic mass is 10.1. The molecule has 0 atom stereocenters. The van der Waals surface area contributed by atoms with Crippen molar-refractivity contribution in [1.82, 2.24) is 0 Å². The van der Waals surface area contributed by atoms with Crippen LogP contribution in [0.25, 0.3) is 11.1 Å². The lowest BCUT2D eigenvalue weighted by Gasteiger charge is -2.06. The maximum Gasteiger partial charge on any atom is 0.169 e. The first-order valence-corrected chi connectivity index (χ1v) is 8.41. The summed E-state index contributed by atoms with van der Waals surface area (Å²) < 4.78 is 5.74. The molecular formula is C18H22O2S. The summed E-state index contributed by atoms with van der Waals surface area (Å²) in [6, 6.07) is 10.1. The smallest absolute Gasteiger partial charge is 0.169 e. The van der Waals surface area contributed by atoms with Gasteiger partial charge in [0.25, 0.3) is 0 Å². The maximum absolute atomic E-state index is 11.3. The number of hydrogen-bond acceptors (Lipinski definition) is 3. The van der Waals surface area contributed by atoms with E-state index >= 15 is 0 Å². The zero-order valence-electron chi connectivity index (χ0n) is 12.7. The number of rotatable bonds is 8. The molecule has 2 rings (SSSR count). The molecule has 21 heavy (non-hydrogen) atoms. The van der Waals surface area contributed by atoms with Crippen LogP contribution in [0.3, 0.4) is 0 Å². The highest BCUT2D eigenvalue weighted by atomic mass is 32.1. The van der Waals surface area contributed by atoms with E-state index in [4.69, 9.17) is 4.74 Å². The summed E-state index contributed by atoms with van der Waals surface area (Å²) in [5.41, 5.74) is 2.22. The number of Topliss-reactive ketones (excluding diaryl/α,β-unsaturated/α-hetero) is 1. The van der Waals surface area contributed by atoms with E-state index in [1.807, 2.05) is 35.7 Å². The van der Waals surface area contributed by atoms with Gasteiger partial charge < -0.3 is 4.74 Å². The van der Waals surface area contributed by atoms with E-state index in [0.29, 0.717) is 0 Å². The van der Waals surface area contributed by atoms with E-state index in [2.05, 4.69) is 6.92 Å². The number of ketones is 1. The first-order chi connectivity index (χ1) is 10.2. The second-order valence-corrected chi connectivity index (χ2v) is 6.10. The third kappa shape index (κ3) is 4.71. The monoisotopic (exact) mass is 302 g/mol. The fraction of sp³-hybridized carbons (Fsp3) is 0.389. The van der Waals surface area contributed by atoms with Gasteiger partial charge in [-0.15, -0.1) is 11.3 Å². The normalized spacial score (nSPS) is 10.6. The molecule has 1 aromatic carbocycles. The predicted octanol–water partition coefficient (Wildman–Crippen LogP) is 5.58. The van der Waals surface area contributed by atoms with Crippen molar-refractivity contribution < 1.29 is 9.53 Å². The molecule has 0 N–H and O–H groups in total. The van der Waals surface area contributed by atoms with Crippen molar-refractivity contribution in [3.05, 3.63) is 40.6 Å². The Bertz CT molecular complexity index is 569. The molecule has 0 aliphatic rings. The molecule has 2 nitrogen and oxygen atoms in total. The van der Waals surface area contributed by atoms with Gasteiger partial charge in [-0.2, -0.15) is 0 Å². The van der Waals surface area contributed by atoms with E-state index in [9.17, 15) is 4.79 Å². The van der Waals surface area contributed by atoms with Crippen molar-refractivity contribution in [1.29, 1.82) is 0 Å². The van der Waals surface area contributed by atoms with Crippen molar-refractivity contribution in [3.63, 3.8) is 0 Å². The third-order valence-corrected chi connectivity index (χ3v) is 4.43. The average Bonchev–Trinajstić information content (AvgIpc) is 2.98. The van der Waals surface area contributed by atoms with Crippen molar-refractivity contribution in [2.75, 3.05) is 6.61 Å². The minimum atomic E-state index is 0.123. The summed E-state index contributed by atoms with van der Waals surface area (Å²) in [6.07, 6.45) is 4.87. The lowest BCUT2D eigenvalue weighted by Crippen LogP contribution is -1.96. The van der Waals surface area contributed by atoms with Gasteiger partial charge in [-0.05, 0) is 48.1 Å². The molecule has 0 aliphatic heterocycles. The minimum Gasteiger partial charge on any atom is -0.494 e. The van der Waals surface area contributed by atoms with E-state index in [1.165, 1.54) is 30.6 Å².